The lowest BCUT2D eigenvalue weighted by Crippen LogP contribution is -2.46. The zero-order valence-corrected chi connectivity index (χ0v) is 16.5. The fourth-order valence-electron chi connectivity index (χ4n) is 3.79. The quantitative estimate of drug-likeness (QED) is 0.464. The predicted octanol–water partition coefficient (Wildman–Crippen LogP) is 4.85. The van der Waals surface area contributed by atoms with Crippen molar-refractivity contribution in [3.05, 3.63) is 84.0 Å². The van der Waals surface area contributed by atoms with Crippen LogP contribution in [0.25, 0.3) is 27.0 Å². The number of nitrogens with zero attached hydrogens (tertiary/aromatic N) is 5. The number of hydrogen-bond donors (Lipinski definition) is 0. The van der Waals surface area contributed by atoms with Crippen LogP contribution < -0.4 is 9.64 Å². The Labute approximate surface area is 174 Å². The maximum atomic E-state index is 7.31. The third-order valence-electron chi connectivity index (χ3n) is 5.42. The predicted molar refractivity (Wildman–Crippen MR) is 117 cm³/mol. The summed E-state index contributed by atoms with van der Waals surface area (Å²) in [6, 6.07) is 20.0. The molecular formula is C24H19N5O. The normalized spacial score (nSPS) is 13.7. The number of ether oxygens (including phenoxy) is 1. The number of anilines is 1. The molecule has 2 aromatic carbocycles. The summed E-state index contributed by atoms with van der Waals surface area (Å²) >= 11 is 0. The highest BCUT2D eigenvalue weighted by Crippen LogP contribution is 2.36. The van der Waals surface area contributed by atoms with Crippen LogP contribution in [0, 0.1) is 6.57 Å². The summed E-state index contributed by atoms with van der Waals surface area (Å²) in [5.74, 6) is 2.25. The highest BCUT2D eigenvalue weighted by atomic mass is 16.5. The molecule has 6 nitrogen and oxygen atoms in total. The molecule has 6 heteroatoms. The standard InChI is InChI=1S/C24H19N5O/c1-25-21-13-26-23(24(28-21)17-7-5-8-19(12-17)30-2)18-14-29(15-18)22-11-10-16-6-3-4-9-20(16)27-22/h3-13,18H,14-15H2,2H3. The molecule has 2 aromatic heterocycles. The lowest BCUT2D eigenvalue weighted by atomic mass is 9.92. The van der Waals surface area contributed by atoms with Gasteiger partial charge >= 0.3 is 0 Å². The van der Waals surface area contributed by atoms with Crippen LogP contribution >= 0.6 is 0 Å². The van der Waals surface area contributed by atoms with Gasteiger partial charge < -0.3 is 14.5 Å². The number of benzene rings is 2. The van der Waals surface area contributed by atoms with Crippen molar-refractivity contribution in [1.82, 2.24) is 15.0 Å². The highest BCUT2D eigenvalue weighted by Gasteiger charge is 2.34. The number of pyridine rings is 1. The smallest absolute Gasteiger partial charge is 0.288 e. The van der Waals surface area contributed by atoms with Gasteiger partial charge in [-0.15, -0.1) is 4.98 Å². The molecule has 0 spiro atoms. The summed E-state index contributed by atoms with van der Waals surface area (Å²) in [5, 5.41) is 1.14. The highest BCUT2D eigenvalue weighted by molar-refractivity contribution is 5.80. The number of hydrogen-bond acceptors (Lipinski definition) is 5. The number of para-hydroxylation sites is 1. The van der Waals surface area contributed by atoms with Crippen molar-refractivity contribution in [2.24, 2.45) is 0 Å². The Bertz CT molecular complexity index is 1270. The average molecular weight is 393 g/mol. The molecule has 0 atom stereocenters. The molecule has 3 heterocycles. The summed E-state index contributed by atoms with van der Waals surface area (Å²) < 4.78 is 5.36. The second kappa shape index (κ2) is 7.45. The van der Waals surface area contributed by atoms with E-state index < -0.39 is 0 Å². The molecule has 146 valence electrons. The van der Waals surface area contributed by atoms with Crippen molar-refractivity contribution in [1.29, 1.82) is 0 Å². The number of fused-ring (bicyclic) bond motifs is 1. The number of aromatic nitrogens is 3. The Morgan fingerprint density at radius 3 is 2.73 bits per heavy atom. The van der Waals surface area contributed by atoms with Crippen LogP contribution in [0.4, 0.5) is 11.6 Å². The third-order valence-corrected chi connectivity index (χ3v) is 5.42. The summed E-state index contributed by atoms with van der Waals surface area (Å²) in [5.41, 5.74) is 3.56. The van der Waals surface area contributed by atoms with Crippen molar-refractivity contribution >= 4 is 22.5 Å². The monoisotopic (exact) mass is 393 g/mol. The molecule has 0 radical (unpaired) electrons. The van der Waals surface area contributed by atoms with E-state index in [4.69, 9.17) is 16.3 Å². The summed E-state index contributed by atoms with van der Waals surface area (Å²) in [7, 11) is 1.64. The lowest BCUT2D eigenvalue weighted by molar-refractivity contribution is 0.415. The minimum absolute atomic E-state index is 0.228. The maximum absolute atomic E-state index is 7.31. The van der Waals surface area contributed by atoms with Gasteiger partial charge in [0, 0.05) is 30.0 Å². The van der Waals surface area contributed by atoms with Crippen LogP contribution in [-0.4, -0.2) is 35.2 Å². The van der Waals surface area contributed by atoms with E-state index in [0.717, 1.165) is 52.5 Å². The summed E-state index contributed by atoms with van der Waals surface area (Å²) in [6.07, 6.45) is 1.56. The van der Waals surface area contributed by atoms with E-state index in [9.17, 15) is 0 Å². The molecule has 0 bridgehead atoms. The Balaban J connectivity index is 1.44. The molecule has 0 N–H and O–H groups in total. The second-order valence-electron chi connectivity index (χ2n) is 7.27. The Kier molecular flexibility index (Phi) is 4.49. The molecular weight excluding hydrogens is 374 g/mol. The van der Waals surface area contributed by atoms with Crippen LogP contribution in [0.3, 0.4) is 0 Å². The molecule has 1 saturated heterocycles. The van der Waals surface area contributed by atoms with Crippen molar-refractivity contribution in [2.75, 3.05) is 25.1 Å². The van der Waals surface area contributed by atoms with Gasteiger partial charge in [0.25, 0.3) is 5.82 Å². The zero-order chi connectivity index (χ0) is 20.5. The van der Waals surface area contributed by atoms with E-state index in [1.54, 1.807) is 13.3 Å². The van der Waals surface area contributed by atoms with Gasteiger partial charge in [-0.2, -0.15) is 0 Å². The Morgan fingerprint density at radius 1 is 1.03 bits per heavy atom. The third kappa shape index (κ3) is 3.20. The second-order valence-corrected chi connectivity index (χ2v) is 7.27. The van der Waals surface area contributed by atoms with Gasteiger partial charge in [-0.1, -0.05) is 36.9 Å². The number of rotatable bonds is 4. The molecule has 5 rings (SSSR count). The molecule has 1 fully saturated rings. The van der Waals surface area contributed by atoms with Gasteiger partial charge in [0.15, 0.2) is 5.69 Å². The molecule has 0 amide bonds. The zero-order valence-electron chi connectivity index (χ0n) is 16.5. The first-order valence-electron chi connectivity index (χ1n) is 9.75. The van der Waals surface area contributed by atoms with Gasteiger partial charge in [0.1, 0.15) is 11.6 Å². The lowest BCUT2D eigenvalue weighted by Gasteiger charge is -2.40. The first-order valence-corrected chi connectivity index (χ1v) is 9.75. The Morgan fingerprint density at radius 2 is 1.90 bits per heavy atom. The number of methoxy groups -OCH3 is 1. The van der Waals surface area contributed by atoms with Crippen LogP contribution in [0.5, 0.6) is 5.75 Å². The van der Waals surface area contributed by atoms with E-state index in [0.29, 0.717) is 5.82 Å². The molecule has 1 aliphatic heterocycles. The van der Waals surface area contributed by atoms with Crippen LogP contribution in [0.1, 0.15) is 11.6 Å². The first-order chi connectivity index (χ1) is 14.7. The van der Waals surface area contributed by atoms with Gasteiger partial charge in [-0.05, 0) is 30.3 Å². The van der Waals surface area contributed by atoms with Crippen LogP contribution in [-0.2, 0) is 0 Å². The van der Waals surface area contributed by atoms with Crippen molar-refractivity contribution in [2.45, 2.75) is 5.92 Å². The molecule has 0 unspecified atom stereocenters. The van der Waals surface area contributed by atoms with Crippen molar-refractivity contribution in [3.8, 4) is 17.0 Å². The maximum Gasteiger partial charge on any atom is 0.288 e. The topological polar surface area (TPSA) is 55.5 Å². The van der Waals surface area contributed by atoms with E-state index >= 15 is 0 Å². The largest absolute Gasteiger partial charge is 0.497 e. The van der Waals surface area contributed by atoms with E-state index in [1.165, 1.54) is 0 Å². The molecule has 0 saturated carbocycles. The molecule has 4 aromatic rings. The van der Waals surface area contributed by atoms with Gasteiger partial charge in [0.2, 0.25) is 0 Å². The fourth-order valence-corrected chi connectivity index (χ4v) is 3.79. The molecule has 0 aliphatic carbocycles. The van der Waals surface area contributed by atoms with E-state index in [-0.39, 0.29) is 5.92 Å². The minimum Gasteiger partial charge on any atom is -0.497 e. The Hall–Kier alpha value is -3.98. The molecule has 1 aliphatic rings. The molecule has 30 heavy (non-hydrogen) atoms. The van der Waals surface area contributed by atoms with Crippen molar-refractivity contribution < 1.29 is 4.74 Å². The van der Waals surface area contributed by atoms with Gasteiger partial charge in [-0.3, -0.25) is 4.98 Å². The van der Waals surface area contributed by atoms with E-state index in [1.807, 2.05) is 42.5 Å². The van der Waals surface area contributed by atoms with Gasteiger partial charge in [-0.25, -0.2) is 4.98 Å². The van der Waals surface area contributed by atoms with Crippen LogP contribution in [0.2, 0.25) is 0 Å². The minimum atomic E-state index is 0.228. The SMILES string of the molecule is [C-]#[N+]c1cnc(C2CN(c3ccc4ccccc4n3)C2)c(-c2cccc(OC)c2)n1. The summed E-state index contributed by atoms with van der Waals surface area (Å²) in [6.45, 7) is 8.94. The van der Waals surface area contributed by atoms with E-state index in [2.05, 4.69) is 37.9 Å². The fraction of sp³-hybridized carbons (Fsp3) is 0.167. The first kappa shape index (κ1) is 18.1. The summed E-state index contributed by atoms with van der Waals surface area (Å²) in [4.78, 5) is 19.7. The van der Waals surface area contributed by atoms with Crippen molar-refractivity contribution in [3.63, 3.8) is 0 Å². The van der Waals surface area contributed by atoms with Crippen LogP contribution in [0.15, 0.2) is 66.9 Å². The van der Waals surface area contributed by atoms with Gasteiger partial charge in [0.05, 0.1) is 24.5 Å². The average Bonchev–Trinajstić information content (AvgIpc) is 2.78.